The Bertz CT molecular complexity index is 1700. The van der Waals surface area contributed by atoms with Gasteiger partial charge in [-0.1, -0.05) is 30.3 Å². The molecule has 5 rings (SSSR count). The van der Waals surface area contributed by atoms with Gasteiger partial charge < -0.3 is 14.8 Å². The smallest absolute Gasteiger partial charge is 0.381 e. The fourth-order valence-electron chi connectivity index (χ4n) is 6.13. The molecule has 48 heavy (non-hydrogen) atoms. The summed E-state index contributed by atoms with van der Waals surface area (Å²) in [6.45, 7) is -0.950. The molecule has 260 valence electrons. The van der Waals surface area contributed by atoms with Gasteiger partial charge in [0.25, 0.3) is 5.60 Å². The number of ether oxygens (including phenoxy) is 2. The molecule has 0 atom stereocenters. The standard InChI is InChI=1S/C32H28F9NO5S/c33-22-8-10-24(11-9-22)48(44,45)29(16-19(17-29)28(43)42-23-12-14-46-15-13-23)20-4-6-21(7-5-20)30(31(36,37)38,32(39,40)41)47-18-25-26(34)2-1-3-27(25)35/h1-11,19,23H,12-18H2,(H,42,43). The van der Waals surface area contributed by atoms with Crippen LogP contribution in [0.3, 0.4) is 0 Å². The number of nitrogens with one attached hydrogen (secondary N) is 1. The zero-order valence-electron chi connectivity index (χ0n) is 24.8. The molecule has 2 fully saturated rings. The van der Waals surface area contributed by atoms with E-state index in [1.807, 2.05) is 0 Å². The normalized spacial score (nSPS) is 21.1. The molecule has 0 bridgehead atoms. The molecule has 6 nitrogen and oxygen atoms in total. The second-order valence-electron chi connectivity index (χ2n) is 11.7. The molecular formula is C32H28F9NO5S. The molecule has 0 unspecified atom stereocenters. The van der Waals surface area contributed by atoms with Gasteiger partial charge >= 0.3 is 12.4 Å². The first kappa shape index (κ1) is 35.7. The molecule has 16 heteroatoms. The molecule has 3 aromatic carbocycles. The van der Waals surface area contributed by atoms with Crippen LogP contribution >= 0.6 is 0 Å². The summed E-state index contributed by atoms with van der Waals surface area (Å²) in [5, 5.41) is 2.82. The van der Waals surface area contributed by atoms with Crippen molar-refractivity contribution < 1.29 is 62.2 Å². The number of carbonyl (C=O) groups is 1. The number of alkyl halides is 6. The Morgan fingerprint density at radius 1 is 0.833 bits per heavy atom. The lowest BCUT2D eigenvalue weighted by atomic mass is 9.69. The van der Waals surface area contributed by atoms with Crippen LogP contribution in [0.2, 0.25) is 0 Å². The molecule has 1 aliphatic carbocycles. The second-order valence-corrected chi connectivity index (χ2v) is 14.0. The fourth-order valence-corrected chi connectivity index (χ4v) is 8.36. The number of hydrogen-bond donors (Lipinski definition) is 1. The third kappa shape index (κ3) is 6.29. The number of hydrogen-bond acceptors (Lipinski definition) is 5. The van der Waals surface area contributed by atoms with Gasteiger partial charge in [-0.15, -0.1) is 0 Å². The third-order valence-electron chi connectivity index (χ3n) is 8.84. The van der Waals surface area contributed by atoms with Crippen LogP contribution in [-0.2, 0) is 41.1 Å². The molecule has 0 spiro atoms. The van der Waals surface area contributed by atoms with E-state index in [-0.39, 0.29) is 29.3 Å². The Morgan fingerprint density at radius 2 is 1.38 bits per heavy atom. The van der Waals surface area contributed by atoms with Crippen LogP contribution in [0.4, 0.5) is 39.5 Å². The lowest BCUT2D eigenvalue weighted by Gasteiger charge is -2.47. The minimum atomic E-state index is -6.21. The van der Waals surface area contributed by atoms with Gasteiger partial charge in [0.1, 0.15) is 22.2 Å². The van der Waals surface area contributed by atoms with E-state index in [0.29, 0.717) is 50.3 Å². The highest BCUT2D eigenvalue weighted by Gasteiger charge is 2.73. The number of halogens is 9. The maximum Gasteiger partial charge on any atom is 0.430 e. The summed E-state index contributed by atoms with van der Waals surface area (Å²) in [5.74, 6) is -4.99. The van der Waals surface area contributed by atoms with E-state index in [9.17, 15) is 52.7 Å². The second kappa shape index (κ2) is 13.0. The molecule has 2 aliphatic rings. The van der Waals surface area contributed by atoms with Gasteiger partial charge in [0.2, 0.25) is 5.91 Å². The minimum absolute atomic E-state index is 0.232. The van der Waals surface area contributed by atoms with Crippen molar-refractivity contribution >= 4 is 15.7 Å². The molecule has 1 heterocycles. The number of carbonyl (C=O) groups excluding carboxylic acids is 1. The largest absolute Gasteiger partial charge is 0.430 e. The molecule has 0 radical (unpaired) electrons. The highest BCUT2D eigenvalue weighted by atomic mass is 32.2. The maximum absolute atomic E-state index is 14.4. The number of benzene rings is 3. The predicted molar refractivity (Wildman–Crippen MR) is 151 cm³/mol. The van der Waals surface area contributed by atoms with Crippen molar-refractivity contribution in [2.24, 2.45) is 5.92 Å². The summed E-state index contributed by atoms with van der Waals surface area (Å²) in [4.78, 5) is 12.7. The zero-order valence-corrected chi connectivity index (χ0v) is 25.6. The summed E-state index contributed by atoms with van der Waals surface area (Å²) in [6, 6.07) is 7.83. The fraction of sp³-hybridized carbons (Fsp3) is 0.406. The highest BCUT2D eigenvalue weighted by Crippen LogP contribution is 2.56. The Labute approximate surface area is 269 Å². The lowest BCUT2D eigenvalue weighted by Crippen LogP contribution is -2.56. The number of amides is 1. The third-order valence-corrected chi connectivity index (χ3v) is 11.3. The van der Waals surface area contributed by atoms with Crippen molar-refractivity contribution in [1.82, 2.24) is 5.32 Å². The van der Waals surface area contributed by atoms with E-state index in [4.69, 9.17) is 4.74 Å². The van der Waals surface area contributed by atoms with E-state index in [0.717, 1.165) is 42.5 Å². The topological polar surface area (TPSA) is 81.7 Å². The van der Waals surface area contributed by atoms with Crippen molar-refractivity contribution in [2.75, 3.05) is 13.2 Å². The van der Waals surface area contributed by atoms with Crippen LogP contribution in [0.15, 0.2) is 71.6 Å². The molecule has 1 saturated carbocycles. The summed E-state index contributed by atoms with van der Waals surface area (Å²) in [7, 11) is -4.52. The molecule has 0 aromatic heterocycles. The van der Waals surface area contributed by atoms with Crippen molar-refractivity contribution in [1.29, 1.82) is 0 Å². The van der Waals surface area contributed by atoms with Crippen LogP contribution in [0.1, 0.15) is 42.4 Å². The Morgan fingerprint density at radius 3 is 1.90 bits per heavy atom. The molecule has 1 amide bonds. The van der Waals surface area contributed by atoms with Gasteiger partial charge in [-0.05, 0) is 67.6 Å². The zero-order chi connectivity index (χ0) is 35.1. The van der Waals surface area contributed by atoms with Crippen LogP contribution < -0.4 is 5.32 Å². The first-order chi connectivity index (χ1) is 22.4. The van der Waals surface area contributed by atoms with E-state index in [1.54, 1.807) is 0 Å². The van der Waals surface area contributed by atoms with Gasteiger partial charge in [0.15, 0.2) is 9.84 Å². The Hall–Kier alpha value is -3.63. The highest BCUT2D eigenvalue weighted by molar-refractivity contribution is 7.92. The molecule has 1 N–H and O–H groups in total. The van der Waals surface area contributed by atoms with E-state index >= 15 is 0 Å². The van der Waals surface area contributed by atoms with Crippen LogP contribution in [-0.4, -0.2) is 45.9 Å². The van der Waals surface area contributed by atoms with Gasteiger partial charge in [0.05, 0.1) is 11.5 Å². The van der Waals surface area contributed by atoms with Gasteiger partial charge in [0, 0.05) is 36.3 Å². The van der Waals surface area contributed by atoms with Crippen LogP contribution in [0, 0.1) is 23.4 Å². The van der Waals surface area contributed by atoms with Crippen molar-refractivity contribution in [3.8, 4) is 0 Å². The summed E-state index contributed by atoms with van der Waals surface area (Å²) in [6.07, 6.45) is -12.1. The van der Waals surface area contributed by atoms with Crippen molar-refractivity contribution in [3.63, 3.8) is 0 Å². The van der Waals surface area contributed by atoms with Gasteiger partial charge in [-0.3, -0.25) is 4.79 Å². The Balaban J connectivity index is 1.54. The van der Waals surface area contributed by atoms with Crippen molar-refractivity contribution in [2.45, 2.75) is 65.9 Å². The van der Waals surface area contributed by atoms with Crippen LogP contribution in [0.5, 0.6) is 0 Å². The number of sulfone groups is 1. The lowest BCUT2D eigenvalue weighted by molar-refractivity contribution is -0.392. The first-order valence-electron chi connectivity index (χ1n) is 14.6. The minimum Gasteiger partial charge on any atom is -0.381 e. The average Bonchev–Trinajstić information content (AvgIpc) is 2.98. The summed E-state index contributed by atoms with van der Waals surface area (Å²) in [5.41, 5.74) is -8.02. The molecule has 1 saturated heterocycles. The Kier molecular flexibility index (Phi) is 9.67. The molecule has 1 aliphatic heterocycles. The first-order valence-corrected chi connectivity index (χ1v) is 16.1. The summed E-state index contributed by atoms with van der Waals surface area (Å²) < 4.78 is 164. The molecular weight excluding hydrogens is 681 g/mol. The quantitative estimate of drug-likeness (QED) is 0.191. The average molecular weight is 710 g/mol. The predicted octanol–water partition coefficient (Wildman–Crippen LogP) is 7.02. The van der Waals surface area contributed by atoms with Gasteiger partial charge in [-0.2, -0.15) is 26.3 Å². The SMILES string of the molecule is O=C(NC1CCOCC1)C1CC(c2ccc(C(OCc3c(F)cccc3F)(C(F)(F)F)C(F)(F)F)cc2)(S(=O)(=O)c2ccc(F)cc2)C1. The maximum atomic E-state index is 14.4. The number of rotatable bonds is 9. The molecule has 3 aromatic rings. The van der Waals surface area contributed by atoms with Crippen LogP contribution in [0.25, 0.3) is 0 Å². The summed E-state index contributed by atoms with van der Waals surface area (Å²) >= 11 is 0. The van der Waals surface area contributed by atoms with Gasteiger partial charge in [-0.25, -0.2) is 21.6 Å². The van der Waals surface area contributed by atoms with Crippen molar-refractivity contribution in [3.05, 3.63) is 101 Å². The monoisotopic (exact) mass is 709 g/mol. The van der Waals surface area contributed by atoms with E-state index < -0.39 is 79.5 Å². The van der Waals surface area contributed by atoms with E-state index in [2.05, 4.69) is 10.1 Å². The van der Waals surface area contributed by atoms with E-state index in [1.165, 1.54) is 0 Å².